The molecular weight excluding hydrogens is 272 g/mol. The topological polar surface area (TPSA) is 45.5 Å². The van der Waals surface area contributed by atoms with Crippen molar-refractivity contribution in [2.75, 3.05) is 13.6 Å². The van der Waals surface area contributed by atoms with Gasteiger partial charge in [0.1, 0.15) is 5.00 Å². The van der Waals surface area contributed by atoms with Crippen molar-refractivity contribution in [1.29, 1.82) is 0 Å². The highest BCUT2D eigenvalue weighted by Crippen LogP contribution is 2.36. The highest BCUT2D eigenvalue weighted by Gasteiger charge is 2.28. The zero-order chi connectivity index (χ0) is 14.4. The Morgan fingerprint density at radius 1 is 1.30 bits per heavy atom. The van der Waals surface area contributed by atoms with E-state index in [0.717, 1.165) is 41.5 Å². The molecule has 5 heteroatoms. The van der Waals surface area contributed by atoms with Gasteiger partial charge in [-0.1, -0.05) is 0 Å². The van der Waals surface area contributed by atoms with Crippen LogP contribution in [0, 0.1) is 13.8 Å². The average Bonchev–Trinajstić information content (AvgIpc) is 2.89. The van der Waals surface area contributed by atoms with E-state index >= 15 is 0 Å². The van der Waals surface area contributed by atoms with E-state index in [0.29, 0.717) is 5.56 Å². The van der Waals surface area contributed by atoms with E-state index in [4.69, 9.17) is 0 Å². The first-order valence-corrected chi connectivity index (χ1v) is 7.52. The number of aromatic nitrogens is 1. The van der Waals surface area contributed by atoms with E-state index in [1.807, 2.05) is 26.0 Å². The van der Waals surface area contributed by atoms with Crippen LogP contribution >= 0.6 is 11.3 Å². The maximum absolute atomic E-state index is 11.7. The number of aromatic carboxylic acids is 1. The summed E-state index contributed by atoms with van der Waals surface area (Å²) >= 11 is 1.62. The van der Waals surface area contributed by atoms with Crippen molar-refractivity contribution in [2.45, 2.75) is 26.8 Å². The highest BCUT2D eigenvalue weighted by molar-refractivity contribution is 7.15. The first-order valence-electron chi connectivity index (χ1n) is 6.70. The zero-order valence-corrected chi connectivity index (χ0v) is 12.8. The van der Waals surface area contributed by atoms with Gasteiger partial charge in [0, 0.05) is 29.4 Å². The van der Waals surface area contributed by atoms with Crippen molar-refractivity contribution in [3.63, 3.8) is 0 Å². The number of carbonyl (C=O) groups is 1. The van der Waals surface area contributed by atoms with E-state index in [-0.39, 0.29) is 0 Å². The number of likely N-dealkylation sites (N-methyl/N-ethyl adjacent to an activating group) is 1. The Morgan fingerprint density at radius 2 is 1.95 bits per heavy atom. The fourth-order valence-electron chi connectivity index (χ4n) is 2.88. The summed E-state index contributed by atoms with van der Waals surface area (Å²) in [5, 5.41) is 10.5. The molecule has 0 amide bonds. The molecule has 1 N–H and O–H groups in total. The SMILES string of the molecule is Cc1ccc(C)n1-c1sc2c(c1C(=O)O)CCN(C)C2. The molecular formula is C15H18N2O2S. The minimum Gasteiger partial charge on any atom is -0.478 e. The second kappa shape index (κ2) is 4.75. The fraction of sp³-hybridized carbons (Fsp3) is 0.400. The Kier molecular flexibility index (Phi) is 3.18. The van der Waals surface area contributed by atoms with Gasteiger partial charge in [0.15, 0.2) is 0 Å². The third kappa shape index (κ3) is 1.98. The van der Waals surface area contributed by atoms with Crippen molar-refractivity contribution in [1.82, 2.24) is 9.47 Å². The number of nitrogens with zero attached hydrogens (tertiary/aromatic N) is 2. The summed E-state index contributed by atoms with van der Waals surface area (Å²) in [5.41, 5.74) is 3.69. The monoisotopic (exact) mass is 290 g/mol. The van der Waals surface area contributed by atoms with Crippen molar-refractivity contribution in [3.8, 4) is 5.00 Å². The van der Waals surface area contributed by atoms with Crippen LogP contribution in [0.25, 0.3) is 5.00 Å². The van der Waals surface area contributed by atoms with Crippen LogP contribution in [0.1, 0.15) is 32.2 Å². The quantitative estimate of drug-likeness (QED) is 0.925. The van der Waals surface area contributed by atoms with Crippen LogP contribution in [0.4, 0.5) is 0 Å². The molecule has 4 nitrogen and oxygen atoms in total. The number of fused-ring (bicyclic) bond motifs is 1. The molecule has 0 saturated carbocycles. The van der Waals surface area contributed by atoms with E-state index in [9.17, 15) is 9.90 Å². The minimum absolute atomic E-state index is 0.500. The van der Waals surface area contributed by atoms with Gasteiger partial charge in [-0.15, -0.1) is 11.3 Å². The molecule has 1 aliphatic heterocycles. The standard InChI is InChI=1S/C15H18N2O2S/c1-9-4-5-10(2)17(9)14-13(15(18)19)11-6-7-16(3)8-12(11)20-14/h4-5H,6-8H2,1-3H3,(H,18,19). The van der Waals surface area contributed by atoms with Crippen LogP contribution in [-0.2, 0) is 13.0 Å². The largest absolute Gasteiger partial charge is 0.478 e. The molecule has 106 valence electrons. The normalized spacial score (nSPS) is 15.3. The van der Waals surface area contributed by atoms with Gasteiger partial charge in [0.25, 0.3) is 0 Å². The summed E-state index contributed by atoms with van der Waals surface area (Å²) in [6.07, 6.45) is 0.823. The predicted octanol–water partition coefficient (Wildman–Crippen LogP) is 2.84. The second-order valence-electron chi connectivity index (χ2n) is 5.43. The average molecular weight is 290 g/mol. The van der Waals surface area contributed by atoms with Crippen LogP contribution in [0.5, 0.6) is 0 Å². The molecule has 0 aliphatic carbocycles. The van der Waals surface area contributed by atoms with Crippen LogP contribution in [0.3, 0.4) is 0 Å². The maximum atomic E-state index is 11.7. The molecule has 0 fully saturated rings. The predicted molar refractivity (Wildman–Crippen MR) is 80.1 cm³/mol. The summed E-state index contributed by atoms with van der Waals surface area (Å²) in [7, 11) is 2.08. The molecule has 3 heterocycles. The molecule has 0 aromatic carbocycles. The van der Waals surface area contributed by atoms with E-state index in [2.05, 4.69) is 16.5 Å². The Balaban J connectivity index is 2.24. The summed E-state index contributed by atoms with van der Waals surface area (Å²) < 4.78 is 2.06. The Bertz CT molecular complexity index is 665. The van der Waals surface area contributed by atoms with Crippen LogP contribution in [-0.4, -0.2) is 34.1 Å². The lowest BCUT2D eigenvalue weighted by Crippen LogP contribution is -2.26. The molecule has 0 bridgehead atoms. The van der Waals surface area contributed by atoms with Gasteiger partial charge in [-0.2, -0.15) is 0 Å². The van der Waals surface area contributed by atoms with Crippen molar-refractivity contribution in [2.24, 2.45) is 0 Å². The lowest BCUT2D eigenvalue weighted by molar-refractivity contribution is 0.0695. The summed E-state index contributed by atoms with van der Waals surface area (Å²) in [6, 6.07) is 4.07. The molecule has 2 aromatic heterocycles. The number of carboxylic acid groups (broad SMARTS) is 1. The van der Waals surface area contributed by atoms with Gasteiger partial charge in [0.05, 0.1) is 5.56 Å². The first-order chi connectivity index (χ1) is 9.49. The number of rotatable bonds is 2. The Hall–Kier alpha value is -1.59. The molecule has 2 aromatic rings. The molecule has 0 saturated heterocycles. The molecule has 0 spiro atoms. The van der Waals surface area contributed by atoms with Gasteiger partial charge >= 0.3 is 5.97 Å². The number of thiophene rings is 1. The van der Waals surface area contributed by atoms with Crippen molar-refractivity contribution < 1.29 is 9.90 Å². The summed E-state index contributed by atoms with van der Waals surface area (Å²) in [6.45, 7) is 5.81. The van der Waals surface area contributed by atoms with Crippen LogP contribution < -0.4 is 0 Å². The summed E-state index contributed by atoms with van der Waals surface area (Å²) in [4.78, 5) is 15.2. The Labute approximate surface area is 122 Å². The third-order valence-corrected chi connectivity index (χ3v) is 5.12. The molecule has 0 radical (unpaired) electrons. The maximum Gasteiger partial charge on any atom is 0.339 e. The number of hydrogen-bond donors (Lipinski definition) is 1. The lowest BCUT2D eigenvalue weighted by atomic mass is 10.0. The van der Waals surface area contributed by atoms with E-state index in [1.165, 1.54) is 4.88 Å². The second-order valence-corrected chi connectivity index (χ2v) is 6.51. The number of carboxylic acids is 1. The Morgan fingerprint density at radius 3 is 2.55 bits per heavy atom. The van der Waals surface area contributed by atoms with Crippen molar-refractivity contribution >= 4 is 17.3 Å². The number of hydrogen-bond acceptors (Lipinski definition) is 3. The molecule has 0 atom stereocenters. The smallest absolute Gasteiger partial charge is 0.339 e. The number of aryl methyl sites for hydroxylation is 2. The van der Waals surface area contributed by atoms with E-state index < -0.39 is 5.97 Å². The van der Waals surface area contributed by atoms with Gasteiger partial charge in [-0.3, -0.25) is 0 Å². The van der Waals surface area contributed by atoms with Crippen LogP contribution in [0.2, 0.25) is 0 Å². The van der Waals surface area contributed by atoms with Gasteiger partial charge in [0.2, 0.25) is 0 Å². The van der Waals surface area contributed by atoms with Crippen molar-refractivity contribution in [3.05, 3.63) is 39.5 Å². The third-order valence-electron chi connectivity index (χ3n) is 3.92. The fourth-order valence-corrected chi connectivity index (χ4v) is 4.42. The van der Waals surface area contributed by atoms with Gasteiger partial charge < -0.3 is 14.6 Å². The van der Waals surface area contributed by atoms with Crippen LogP contribution in [0.15, 0.2) is 12.1 Å². The van der Waals surface area contributed by atoms with E-state index in [1.54, 1.807) is 11.3 Å². The summed E-state index contributed by atoms with van der Waals surface area (Å²) in [5.74, 6) is -0.811. The minimum atomic E-state index is -0.811. The lowest BCUT2D eigenvalue weighted by Gasteiger charge is -2.22. The zero-order valence-electron chi connectivity index (χ0n) is 11.9. The molecule has 1 aliphatic rings. The first kappa shape index (κ1) is 13.4. The van der Waals surface area contributed by atoms with Gasteiger partial charge in [-0.05, 0) is 45.0 Å². The van der Waals surface area contributed by atoms with Gasteiger partial charge in [-0.25, -0.2) is 4.79 Å². The molecule has 3 rings (SSSR count). The molecule has 0 unspecified atom stereocenters. The molecule has 20 heavy (non-hydrogen) atoms. The highest BCUT2D eigenvalue weighted by atomic mass is 32.1.